The van der Waals surface area contributed by atoms with Crippen molar-refractivity contribution in [2.45, 2.75) is 25.7 Å². The third-order valence-electron chi connectivity index (χ3n) is 4.75. The number of hydrogen-bond acceptors (Lipinski definition) is 5. The molecule has 1 aromatic carbocycles. The van der Waals surface area contributed by atoms with Crippen LogP contribution in [0.3, 0.4) is 0 Å². The molecule has 0 saturated carbocycles. The largest absolute Gasteiger partial charge is 0.393 e. The predicted molar refractivity (Wildman–Crippen MR) is 124 cm³/mol. The van der Waals surface area contributed by atoms with Gasteiger partial charge < -0.3 is 20.9 Å². The van der Waals surface area contributed by atoms with Gasteiger partial charge >= 0.3 is 0 Å². The van der Waals surface area contributed by atoms with Crippen molar-refractivity contribution >= 4 is 18.0 Å². The minimum Gasteiger partial charge on any atom is -0.393 e. The highest BCUT2D eigenvalue weighted by molar-refractivity contribution is 6.10. The Balaban J connectivity index is 2.24. The summed E-state index contributed by atoms with van der Waals surface area (Å²) < 4.78 is 14.2. The Morgan fingerprint density at radius 2 is 2.09 bits per heavy atom. The summed E-state index contributed by atoms with van der Waals surface area (Å²) in [6.07, 6.45) is 14.8. The van der Waals surface area contributed by atoms with Crippen LogP contribution in [0.1, 0.15) is 36.8 Å². The number of carbonyl (C=O) groups is 1. The van der Waals surface area contributed by atoms with Gasteiger partial charge in [0.2, 0.25) is 6.41 Å². The molecule has 1 aliphatic rings. The molecule has 0 heterocycles. The first-order chi connectivity index (χ1) is 15.5. The number of halogens is 1. The molecule has 0 fully saturated rings. The van der Waals surface area contributed by atoms with Crippen molar-refractivity contribution in [2.75, 3.05) is 13.6 Å². The molecule has 8 heteroatoms. The Hall–Kier alpha value is -3.99. The Morgan fingerprint density at radius 3 is 2.78 bits per heavy atom. The van der Waals surface area contributed by atoms with Crippen LogP contribution in [0.2, 0.25) is 0 Å². The van der Waals surface area contributed by atoms with Crippen LogP contribution in [0.25, 0.3) is 0 Å². The molecule has 1 aliphatic carbocycles. The minimum atomic E-state index is -0.673. The van der Waals surface area contributed by atoms with Crippen LogP contribution in [0.5, 0.6) is 0 Å². The number of rotatable bonds is 11. The van der Waals surface area contributed by atoms with E-state index < -0.39 is 5.82 Å². The molecule has 0 spiro atoms. The zero-order valence-electron chi connectivity index (χ0n) is 18.0. The topological polar surface area (TPSA) is 116 Å². The van der Waals surface area contributed by atoms with Crippen LogP contribution in [0.15, 0.2) is 66.2 Å². The Kier molecular flexibility index (Phi) is 9.60. The molecule has 1 aromatic rings. The van der Waals surface area contributed by atoms with Crippen LogP contribution in [-0.4, -0.2) is 36.4 Å². The highest BCUT2D eigenvalue weighted by atomic mass is 19.1. The molecule has 0 aromatic heterocycles. The molecule has 166 valence electrons. The van der Waals surface area contributed by atoms with Crippen LogP contribution < -0.4 is 10.6 Å². The predicted octanol–water partition coefficient (Wildman–Crippen LogP) is 3.72. The fourth-order valence-electron chi connectivity index (χ4n) is 3.06. The highest BCUT2D eigenvalue weighted by Gasteiger charge is 2.18. The van der Waals surface area contributed by atoms with Gasteiger partial charge in [0.25, 0.3) is 0 Å². The fourth-order valence-corrected chi connectivity index (χ4v) is 3.06. The van der Waals surface area contributed by atoms with Crippen molar-refractivity contribution in [3.05, 3.63) is 83.1 Å². The maximum atomic E-state index is 14.2. The number of allylic oxidation sites excluding steroid dienone is 5. The Bertz CT molecular complexity index is 1020. The maximum absolute atomic E-state index is 14.2. The highest BCUT2D eigenvalue weighted by Crippen LogP contribution is 2.21. The van der Waals surface area contributed by atoms with Crippen molar-refractivity contribution in [1.29, 1.82) is 16.1 Å². The van der Waals surface area contributed by atoms with Gasteiger partial charge in [0.1, 0.15) is 17.7 Å². The number of amides is 1. The van der Waals surface area contributed by atoms with Crippen LogP contribution >= 0.6 is 0 Å². The zero-order valence-corrected chi connectivity index (χ0v) is 18.0. The first-order valence-electron chi connectivity index (χ1n) is 10.3. The Morgan fingerprint density at radius 1 is 1.28 bits per heavy atom. The zero-order chi connectivity index (χ0) is 23.3. The monoisotopic (exact) mass is 434 g/mol. The SMILES string of the molecule is CN/C=C1/C=C(N(/C=C/CCCCCNC=O)C(=N)c2ccc(C#N)c(F)c2)C=CC1=N. The lowest BCUT2D eigenvalue weighted by Gasteiger charge is -2.25. The van der Waals surface area contributed by atoms with E-state index in [1.807, 2.05) is 6.08 Å². The summed E-state index contributed by atoms with van der Waals surface area (Å²) in [5, 5.41) is 31.2. The van der Waals surface area contributed by atoms with E-state index in [1.54, 1.807) is 54.7 Å². The molecule has 4 N–H and O–H groups in total. The first kappa shape index (κ1) is 24.3. The molecule has 0 radical (unpaired) electrons. The third-order valence-corrected chi connectivity index (χ3v) is 4.75. The van der Waals surface area contributed by atoms with E-state index in [-0.39, 0.29) is 11.4 Å². The fraction of sp³-hybridized carbons (Fsp3) is 0.250. The molecule has 2 rings (SSSR count). The second-order valence-corrected chi connectivity index (χ2v) is 7.04. The maximum Gasteiger partial charge on any atom is 0.207 e. The van der Waals surface area contributed by atoms with E-state index in [9.17, 15) is 9.18 Å². The average Bonchev–Trinajstić information content (AvgIpc) is 2.79. The molecule has 0 unspecified atom stereocenters. The van der Waals surface area contributed by atoms with Crippen molar-refractivity contribution in [3.8, 4) is 6.07 Å². The summed E-state index contributed by atoms with van der Waals surface area (Å²) >= 11 is 0. The summed E-state index contributed by atoms with van der Waals surface area (Å²) in [6, 6.07) is 5.88. The summed E-state index contributed by atoms with van der Waals surface area (Å²) in [5.74, 6) is -0.624. The van der Waals surface area contributed by atoms with Crippen molar-refractivity contribution in [2.24, 2.45) is 0 Å². The number of benzene rings is 1. The lowest BCUT2D eigenvalue weighted by Crippen LogP contribution is -2.26. The van der Waals surface area contributed by atoms with E-state index in [4.69, 9.17) is 16.1 Å². The lowest BCUT2D eigenvalue weighted by molar-refractivity contribution is -0.109. The number of nitrogens with zero attached hydrogens (tertiary/aromatic N) is 2. The number of amidine groups is 1. The second-order valence-electron chi connectivity index (χ2n) is 7.04. The smallest absolute Gasteiger partial charge is 0.207 e. The minimum absolute atomic E-state index is 0.0490. The molecule has 1 amide bonds. The van der Waals surface area contributed by atoms with Crippen molar-refractivity contribution in [3.63, 3.8) is 0 Å². The molecule has 0 aliphatic heterocycles. The van der Waals surface area contributed by atoms with Gasteiger partial charge in [0.05, 0.1) is 11.3 Å². The van der Waals surface area contributed by atoms with Crippen molar-refractivity contribution in [1.82, 2.24) is 15.5 Å². The molecule has 0 atom stereocenters. The third kappa shape index (κ3) is 6.77. The lowest BCUT2D eigenvalue weighted by atomic mass is 10.0. The Labute approximate surface area is 187 Å². The van der Waals surface area contributed by atoms with Gasteiger partial charge in [-0.1, -0.05) is 12.5 Å². The molecular formula is C24H27FN6O. The van der Waals surface area contributed by atoms with E-state index in [2.05, 4.69) is 10.6 Å². The number of nitrogens with one attached hydrogen (secondary N) is 4. The van der Waals surface area contributed by atoms with Crippen LogP contribution in [0.4, 0.5) is 4.39 Å². The quantitative estimate of drug-likeness (QED) is 0.184. The normalized spacial score (nSPS) is 14.2. The molecule has 0 saturated heterocycles. The van der Waals surface area contributed by atoms with E-state index in [0.717, 1.165) is 25.7 Å². The van der Waals surface area contributed by atoms with Crippen molar-refractivity contribution < 1.29 is 9.18 Å². The standard InChI is InChI=1S/C24H27FN6O/c1-29-16-20-13-21(9-10-23(20)27)31(12-6-4-2-3-5-11-30-17-32)24(28)18-7-8-19(15-26)22(25)14-18/h6-10,12-14,16-17,27-29H,2-5,11H2,1H3,(H,30,32)/b12-6+,20-16-,27-23?,28-24?. The van der Waals surface area contributed by atoms with E-state index >= 15 is 0 Å². The average molecular weight is 435 g/mol. The number of hydrogen-bond donors (Lipinski definition) is 4. The summed E-state index contributed by atoms with van der Waals surface area (Å²) in [5.41, 5.74) is 1.91. The summed E-state index contributed by atoms with van der Waals surface area (Å²) in [7, 11) is 1.75. The second kappa shape index (κ2) is 12.6. The summed E-state index contributed by atoms with van der Waals surface area (Å²) in [6.45, 7) is 0.651. The van der Waals surface area contributed by atoms with E-state index in [1.165, 1.54) is 12.1 Å². The van der Waals surface area contributed by atoms with Gasteiger partial charge in [-0.3, -0.25) is 10.2 Å². The molecule has 0 bridgehead atoms. The van der Waals surface area contributed by atoms with Gasteiger partial charge in [-0.25, -0.2) is 4.39 Å². The van der Waals surface area contributed by atoms with E-state index in [0.29, 0.717) is 35.5 Å². The summed E-state index contributed by atoms with van der Waals surface area (Å²) in [4.78, 5) is 11.9. The van der Waals surface area contributed by atoms with Crippen LogP contribution in [-0.2, 0) is 4.79 Å². The number of nitriles is 1. The van der Waals surface area contributed by atoms with Gasteiger partial charge in [0, 0.05) is 42.8 Å². The first-order valence-corrected chi connectivity index (χ1v) is 10.3. The van der Waals surface area contributed by atoms with Gasteiger partial charge in [-0.05, 0) is 55.7 Å². The number of carbonyl (C=O) groups excluding carboxylic acids is 1. The molecule has 7 nitrogen and oxygen atoms in total. The van der Waals surface area contributed by atoms with Gasteiger partial charge in [-0.15, -0.1) is 0 Å². The molecule has 32 heavy (non-hydrogen) atoms. The molecular weight excluding hydrogens is 407 g/mol. The van der Waals surface area contributed by atoms with Gasteiger partial charge in [0.15, 0.2) is 0 Å². The van der Waals surface area contributed by atoms with Crippen LogP contribution in [0, 0.1) is 28.0 Å². The number of unbranched alkanes of at least 4 members (excludes halogenated alkanes) is 3. The van der Waals surface area contributed by atoms with Gasteiger partial charge in [-0.2, -0.15) is 5.26 Å².